The van der Waals surface area contributed by atoms with E-state index in [0.717, 1.165) is 17.5 Å². The number of nitrogens with one attached hydrogen (secondary N) is 1. The van der Waals surface area contributed by atoms with Gasteiger partial charge in [-0.1, -0.05) is 42.5 Å². The lowest BCUT2D eigenvalue weighted by Crippen LogP contribution is -2.55. The monoisotopic (exact) mass is 425 g/mol. The molecule has 162 valence electrons. The molecule has 4 atom stereocenters. The van der Waals surface area contributed by atoms with E-state index in [4.69, 9.17) is 0 Å². The van der Waals surface area contributed by atoms with Gasteiger partial charge in [0.05, 0.1) is 0 Å². The molecule has 7 rings (SSSR count). The highest BCUT2D eigenvalue weighted by Crippen LogP contribution is 2.66. The van der Waals surface area contributed by atoms with Crippen molar-refractivity contribution in [3.63, 3.8) is 0 Å². The van der Waals surface area contributed by atoms with Crippen molar-refractivity contribution < 1.29 is 9.18 Å². The molecule has 2 nitrogen and oxygen atoms in total. The van der Waals surface area contributed by atoms with Crippen LogP contribution in [0.15, 0.2) is 78.9 Å². The number of amides is 1. The summed E-state index contributed by atoms with van der Waals surface area (Å²) in [4.78, 5) is 12.5. The van der Waals surface area contributed by atoms with Crippen molar-refractivity contribution >= 4 is 11.6 Å². The summed E-state index contributed by atoms with van der Waals surface area (Å²) in [6.07, 6.45) is 7.88. The molecule has 1 N–H and O–H groups in total. The molecule has 3 aromatic carbocycles. The second-order valence-corrected chi connectivity index (χ2v) is 10.4. The van der Waals surface area contributed by atoms with Gasteiger partial charge in [-0.15, -0.1) is 0 Å². The van der Waals surface area contributed by atoms with Crippen LogP contribution < -0.4 is 5.32 Å². The van der Waals surface area contributed by atoms with Crippen LogP contribution in [-0.4, -0.2) is 5.91 Å². The van der Waals surface area contributed by atoms with Crippen LogP contribution in [0.3, 0.4) is 0 Å². The molecule has 3 aromatic rings. The van der Waals surface area contributed by atoms with Gasteiger partial charge in [0.1, 0.15) is 5.82 Å². The first kappa shape index (κ1) is 19.7. The van der Waals surface area contributed by atoms with Crippen molar-refractivity contribution in [1.29, 1.82) is 0 Å². The minimum atomic E-state index is -0.338. The Morgan fingerprint density at radius 2 is 1.31 bits per heavy atom. The SMILES string of the molecule is O=C(Nc1ccc(C23C[C@@H]4C[C@@H](CC(c5ccccc5)(C4)C2)C3)cc1)c1ccc(F)cc1. The minimum Gasteiger partial charge on any atom is -0.322 e. The maximum Gasteiger partial charge on any atom is 0.255 e. The lowest BCUT2D eigenvalue weighted by molar-refractivity contribution is -0.0281. The Labute approximate surface area is 188 Å². The van der Waals surface area contributed by atoms with E-state index in [-0.39, 0.29) is 17.1 Å². The number of halogens is 1. The Bertz CT molecular complexity index is 1120. The summed E-state index contributed by atoms with van der Waals surface area (Å²) in [5, 5.41) is 2.95. The molecule has 4 aliphatic carbocycles. The molecule has 4 saturated carbocycles. The molecule has 0 heterocycles. The molecule has 0 saturated heterocycles. The van der Waals surface area contributed by atoms with Crippen LogP contribution >= 0.6 is 0 Å². The Hall–Kier alpha value is -2.94. The first-order chi connectivity index (χ1) is 15.5. The molecule has 2 unspecified atom stereocenters. The van der Waals surface area contributed by atoms with Gasteiger partial charge in [0.2, 0.25) is 0 Å². The van der Waals surface area contributed by atoms with Crippen LogP contribution in [0, 0.1) is 17.7 Å². The van der Waals surface area contributed by atoms with Crippen LogP contribution in [-0.2, 0) is 10.8 Å². The summed E-state index contributed by atoms with van der Waals surface area (Å²) in [5.74, 6) is 1.08. The third-order valence-electron chi connectivity index (χ3n) is 8.31. The maximum atomic E-state index is 13.1. The first-order valence-corrected chi connectivity index (χ1v) is 11.8. The molecule has 0 aliphatic heterocycles. The predicted octanol–water partition coefficient (Wildman–Crippen LogP) is 6.87. The smallest absolute Gasteiger partial charge is 0.255 e. The predicted molar refractivity (Wildman–Crippen MR) is 125 cm³/mol. The number of carbonyl (C=O) groups excluding carboxylic acids is 1. The standard InChI is InChI=1S/C29H28FNO/c30-25-10-6-22(7-11-25)27(32)31-26-12-8-24(9-13-26)29-17-20-14-21(18-29)16-28(15-20,19-29)23-4-2-1-3-5-23/h1-13,20-21H,14-19H2,(H,31,32)/t20-,21+,28?,29?. The van der Waals surface area contributed by atoms with E-state index in [1.54, 1.807) is 0 Å². The zero-order chi connectivity index (χ0) is 21.8. The van der Waals surface area contributed by atoms with Crippen molar-refractivity contribution in [2.24, 2.45) is 11.8 Å². The number of carbonyl (C=O) groups is 1. The zero-order valence-electron chi connectivity index (χ0n) is 18.2. The van der Waals surface area contributed by atoms with Crippen molar-refractivity contribution in [3.8, 4) is 0 Å². The summed E-state index contributed by atoms with van der Waals surface area (Å²) >= 11 is 0. The van der Waals surface area contributed by atoms with E-state index in [2.05, 4.69) is 47.8 Å². The van der Waals surface area contributed by atoms with Crippen molar-refractivity contribution in [2.45, 2.75) is 49.4 Å². The molecule has 0 spiro atoms. The number of anilines is 1. The highest BCUT2D eigenvalue weighted by Gasteiger charge is 2.58. The quantitative estimate of drug-likeness (QED) is 0.486. The fourth-order valence-corrected chi connectivity index (χ4v) is 7.44. The largest absolute Gasteiger partial charge is 0.322 e. The van der Waals surface area contributed by atoms with E-state index in [9.17, 15) is 9.18 Å². The van der Waals surface area contributed by atoms with Crippen LogP contribution in [0.4, 0.5) is 10.1 Å². The van der Waals surface area contributed by atoms with E-state index >= 15 is 0 Å². The Morgan fingerprint density at radius 3 is 1.91 bits per heavy atom. The van der Waals surface area contributed by atoms with Gasteiger partial charge in [-0.2, -0.15) is 0 Å². The molecule has 3 heteroatoms. The van der Waals surface area contributed by atoms with Gasteiger partial charge in [0, 0.05) is 11.3 Å². The summed E-state index contributed by atoms with van der Waals surface area (Å²) in [7, 11) is 0. The molecule has 4 aliphatic rings. The number of hydrogen-bond donors (Lipinski definition) is 1. The number of benzene rings is 3. The van der Waals surface area contributed by atoms with Gasteiger partial charge in [-0.25, -0.2) is 4.39 Å². The van der Waals surface area contributed by atoms with E-state index in [0.29, 0.717) is 11.0 Å². The molecule has 32 heavy (non-hydrogen) atoms. The van der Waals surface area contributed by atoms with Gasteiger partial charge < -0.3 is 5.32 Å². The summed E-state index contributed by atoms with van der Waals surface area (Å²) < 4.78 is 13.1. The highest BCUT2D eigenvalue weighted by atomic mass is 19.1. The summed E-state index contributed by atoms with van der Waals surface area (Å²) in [5.41, 5.74) is 4.76. The minimum absolute atomic E-state index is 0.212. The van der Waals surface area contributed by atoms with E-state index < -0.39 is 0 Å². The Morgan fingerprint density at radius 1 is 0.750 bits per heavy atom. The summed E-state index contributed by atoms with van der Waals surface area (Å²) in [6.45, 7) is 0. The Kier molecular flexibility index (Phi) is 4.50. The topological polar surface area (TPSA) is 29.1 Å². The number of hydrogen-bond acceptors (Lipinski definition) is 1. The van der Waals surface area contributed by atoms with Crippen molar-refractivity contribution in [1.82, 2.24) is 0 Å². The highest BCUT2D eigenvalue weighted by molar-refractivity contribution is 6.04. The molecular weight excluding hydrogens is 397 g/mol. The average Bonchev–Trinajstić information content (AvgIpc) is 2.80. The summed E-state index contributed by atoms with van der Waals surface area (Å²) in [6, 6.07) is 25.4. The van der Waals surface area contributed by atoms with Gasteiger partial charge in [-0.05, 0) is 109 Å². The van der Waals surface area contributed by atoms with E-state index in [1.807, 2.05) is 12.1 Å². The van der Waals surface area contributed by atoms with Gasteiger partial charge >= 0.3 is 0 Å². The fourth-order valence-electron chi connectivity index (χ4n) is 7.44. The second kappa shape index (κ2) is 7.30. The fraction of sp³-hybridized carbons (Fsp3) is 0.345. The van der Waals surface area contributed by atoms with Gasteiger partial charge in [0.15, 0.2) is 0 Å². The number of rotatable bonds is 4. The van der Waals surface area contributed by atoms with Gasteiger partial charge in [0.25, 0.3) is 5.91 Å². The first-order valence-electron chi connectivity index (χ1n) is 11.8. The lowest BCUT2D eigenvalue weighted by Gasteiger charge is -2.62. The second-order valence-electron chi connectivity index (χ2n) is 10.4. The van der Waals surface area contributed by atoms with E-state index in [1.165, 1.54) is 73.9 Å². The average molecular weight is 426 g/mol. The normalized spacial score (nSPS) is 30.3. The molecule has 1 amide bonds. The molecule has 0 radical (unpaired) electrons. The van der Waals surface area contributed by atoms with Crippen molar-refractivity contribution in [2.75, 3.05) is 5.32 Å². The maximum absolute atomic E-state index is 13.1. The zero-order valence-corrected chi connectivity index (χ0v) is 18.2. The van der Waals surface area contributed by atoms with Crippen LogP contribution in [0.2, 0.25) is 0 Å². The van der Waals surface area contributed by atoms with Crippen molar-refractivity contribution in [3.05, 3.63) is 101 Å². The van der Waals surface area contributed by atoms with Crippen LogP contribution in [0.1, 0.15) is 60.0 Å². The van der Waals surface area contributed by atoms with Crippen LogP contribution in [0.5, 0.6) is 0 Å². The van der Waals surface area contributed by atoms with Crippen LogP contribution in [0.25, 0.3) is 0 Å². The molecule has 0 aromatic heterocycles. The third kappa shape index (κ3) is 3.26. The molecule has 4 fully saturated rings. The van der Waals surface area contributed by atoms with Gasteiger partial charge in [-0.3, -0.25) is 4.79 Å². The Balaban J connectivity index is 1.26. The molecular formula is C29H28FNO. The lowest BCUT2D eigenvalue weighted by atomic mass is 9.42. The molecule has 4 bridgehead atoms. The third-order valence-corrected chi connectivity index (χ3v) is 8.31.